The highest BCUT2D eigenvalue weighted by molar-refractivity contribution is 7.84. The molecule has 0 aromatic heterocycles. The first-order valence-corrected chi connectivity index (χ1v) is 8.14. The zero-order valence-electron chi connectivity index (χ0n) is 12.1. The molecule has 0 spiro atoms. The highest BCUT2D eigenvalue weighted by atomic mass is 32.2. The van der Waals surface area contributed by atoms with Crippen LogP contribution < -0.4 is 5.32 Å². The van der Waals surface area contributed by atoms with E-state index in [1.807, 2.05) is 0 Å². The molecule has 0 heterocycles. The van der Waals surface area contributed by atoms with Crippen LogP contribution in [0, 0.1) is 11.3 Å². The molecule has 2 aromatic rings. The van der Waals surface area contributed by atoms with Crippen molar-refractivity contribution in [3.8, 4) is 6.07 Å². The van der Waals surface area contributed by atoms with Crippen molar-refractivity contribution in [3.63, 3.8) is 0 Å². The lowest BCUT2D eigenvalue weighted by Crippen LogP contribution is -2.08. The number of alkyl halides is 3. The predicted octanol–water partition coefficient (Wildman–Crippen LogP) is 3.93. The molecule has 0 saturated carbocycles. The molecule has 1 N–H and O–H groups in total. The summed E-state index contributed by atoms with van der Waals surface area (Å²) in [6, 6.07) is 12.0. The van der Waals surface area contributed by atoms with Gasteiger partial charge in [-0.2, -0.15) is 18.4 Å². The van der Waals surface area contributed by atoms with E-state index in [4.69, 9.17) is 5.26 Å². The number of hydrogen-bond acceptors (Lipinski definition) is 3. The molecule has 0 aliphatic heterocycles. The topological polar surface area (TPSA) is 52.9 Å². The third kappa shape index (κ3) is 4.33. The lowest BCUT2D eigenvalue weighted by molar-refractivity contribution is -0.137. The van der Waals surface area contributed by atoms with Crippen molar-refractivity contribution in [2.45, 2.75) is 17.6 Å². The second kappa shape index (κ2) is 6.84. The van der Waals surface area contributed by atoms with Crippen LogP contribution in [0.3, 0.4) is 0 Å². The minimum Gasteiger partial charge on any atom is -0.381 e. The molecule has 0 radical (unpaired) electrons. The molecule has 0 bridgehead atoms. The Bertz CT molecular complexity index is 764. The van der Waals surface area contributed by atoms with Crippen molar-refractivity contribution < 1.29 is 17.4 Å². The summed E-state index contributed by atoms with van der Waals surface area (Å²) in [7, 11) is -1.06. The van der Waals surface area contributed by atoms with E-state index in [9.17, 15) is 17.4 Å². The van der Waals surface area contributed by atoms with Gasteiger partial charge in [0.05, 0.1) is 17.2 Å². The number of nitriles is 1. The summed E-state index contributed by atoms with van der Waals surface area (Å²) >= 11 is 0. The minimum absolute atomic E-state index is 0.382. The van der Waals surface area contributed by atoms with Crippen molar-refractivity contribution in [1.29, 1.82) is 5.26 Å². The first kappa shape index (κ1) is 17.0. The monoisotopic (exact) mass is 338 g/mol. The smallest absolute Gasteiger partial charge is 0.381 e. The number of hydrogen-bond donors (Lipinski definition) is 1. The molecule has 0 unspecified atom stereocenters. The molecule has 3 nitrogen and oxygen atoms in total. The number of anilines is 1. The Morgan fingerprint density at radius 3 is 2.35 bits per heavy atom. The predicted molar refractivity (Wildman–Crippen MR) is 82.3 cm³/mol. The van der Waals surface area contributed by atoms with Gasteiger partial charge >= 0.3 is 6.18 Å². The SMILES string of the molecule is C[S@](=O)c1ccc(CNc2ccc(C(F)(F)F)c(C#N)c2)cc1. The minimum atomic E-state index is -4.55. The summed E-state index contributed by atoms with van der Waals surface area (Å²) in [5.41, 5.74) is -0.0464. The van der Waals surface area contributed by atoms with Gasteiger partial charge in [0.15, 0.2) is 0 Å². The molecule has 2 rings (SSSR count). The van der Waals surface area contributed by atoms with Gasteiger partial charge in [0, 0.05) is 34.2 Å². The van der Waals surface area contributed by atoms with Gasteiger partial charge in [-0.25, -0.2) is 0 Å². The second-order valence-electron chi connectivity index (χ2n) is 4.82. The Morgan fingerprint density at radius 1 is 1.17 bits per heavy atom. The number of halogens is 3. The molecule has 0 aliphatic carbocycles. The van der Waals surface area contributed by atoms with Gasteiger partial charge in [0.2, 0.25) is 0 Å². The zero-order valence-corrected chi connectivity index (χ0v) is 13.0. The molecular formula is C16H13F3N2OS. The van der Waals surface area contributed by atoms with Gasteiger partial charge in [-0.05, 0) is 35.9 Å². The second-order valence-corrected chi connectivity index (χ2v) is 6.20. The highest BCUT2D eigenvalue weighted by Gasteiger charge is 2.33. The van der Waals surface area contributed by atoms with E-state index < -0.39 is 28.1 Å². The quantitative estimate of drug-likeness (QED) is 0.919. The first-order chi connectivity index (χ1) is 10.8. The number of benzene rings is 2. The van der Waals surface area contributed by atoms with E-state index in [-0.39, 0.29) is 0 Å². The Morgan fingerprint density at radius 2 is 1.83 bits per heavy atom. The van der Waals surface area contributed by atoms with Crippen molar-refractivity contribution in [2.75, 3.05) is 11.6 Å². The van der Waals surface area contributed by atoms with Gasteiger partial charge in [-0.1, -0.05) is 12.1 Å². The summed E-state index contributed by atoms with van der Waals surface area (Å²) in [5.74, 6) is 0. The normalized spacial score (nSPS) is 12.5. The summed E-state index contributed by atoms with van der Waals surface area (Å²) < 4.78 is 49.5. The van der Waals surface area contributed by atoms with Crippen LogP contribution >= 0.6 is 0 Å². The van der Waals surface area contributed by atoms with Crippen molar-refractivity contribution >= 4 is 16.5 Å². The number of rotatable bonds is 4. The van der Waals surface area contributed by atoms with Gasteiger partial charge in [-0.15, -0.1) is 0 Å². The van der Waals surface area contributed by atoms with Crippen LogP contribution in [0.4, 0.5) is 18.9 Å². The molecule has 23 heavy (non-hydrogen) atoms. The van der Waals surface area contributed by atoms with Crippen LogP contribution in [0.2, 0.25) is 0 Å². The van der Waals surface area contributed by atoms with Crippen LogP contribution in [0.1, 0.15) is 16.7 Å². The van der Waals surface area contributed by atoms with Crippen LogP contribution in [-0.2, 0) is 23.5 Å². The fourth-order valence-corrected chi connectivity index (χ4v) is 2.52. The molecule has 0 fully saturated rings. The molecule has 0 saturated heterocycles. The van der Waals surface area contributed by atoms with Crippen molar-refractivity contribution in [3.05, 3.63) is 59.2 Å². The number of nitrogens with one attached hydrogen (secondary N) is 1. The zero-order chi connectivity index (χ0) is 17.0. The van der Waals surface area contributed by atoms with Gasteiger partial charge in [0.25, 0.3) is 0 Å². The molecule has 1 atom stereocenters. The molecule has 0 aliphatic rings. The van der Waals surface area contributed by atoms with E-state index in [0.29, 0.717) is 17.1 Å². The summed E-state index contributed by atoms with van der Waals surface area (Å²) in [6.07, 6.45) is -2.96. The maximum absolute atomic E-state index is 12.7. The van der Waals surface area contributed by atoms with Gasteiger partial charge in [-0.3, -0.25) is 4.21 Å². The average molecular weight is 338 g/mol. The van der Waals surface area contributed by atoms with E-state index in [0.717, 1.165) is 11.6 Å². The van der Waals surface area contributed by atoms with Gasteiger partial charge < -0.3 is 5.32 Å². The van der Waals surface area contributed by atoms with Crippen molar-refractivity contribution in [2.24, 2.45) is 0 Å². The van der Waals surface area contributed by atoms with Gasteiger partial charge in [0.1, 0.15) is 0 Å². The maximum atomic E-state index is 12.7. The van der Waals surface area contributed by atoms with E-state index >= 15 is 0 Å². The average Bonchev–Trinajstić information content (AvgIpc) is 2.52. The van der Waals surface area contributed by atoms with E-state index in [1.54, 1.807) is 36.6 Å². The molecule has 0 amide bonds. The van der Waals surface area contributed by atoms with E-state index in [2.05, 4.69) is 5.32 Å². The lowest BCUT2D eigenvalue weighted by Gasteiger charge is -2.12. The fraction of sp³-hybridized carbons (Fsp3) is 0.188. The first-order valence-electron chi connectivity index (χ1n) is 6.59. The number of nitrogens with zero attached hydrogens (tertiary/aromatic N) is 1. The third-order valence-electron chi connectivity index (χ3n) is 3.20. The van der Waals surface area contributed by atoms with Crippen LogP contribution in [-0.4, -0.2) is 10.5 Å². The maximum Gasteiger partial charge on any atom is 0.417 e. The third-order valence-corrected chi connectivity index (χ3v) is 4.13. The van der Waals surface area contributed by atoms with Crippen LogP contribution in [0.15, 0.2) is 47.4 Å². The largest absolute Gasteiger partial charge is 0.417 e. The van der Waals surface area contributed by atoms with Crippen LogP contribution in [0.25, 0.3) is 0 Å². The van der Waals surface area contributed by atoms with Crippen LogP contribution in [0.5, 0.6) is 0 Å². The summed E-state index contributed by atoms with van der Waals surface area (Å²) in [4.78, 5) is 0.704. The molecule has 2 aromatic carbocycles. The van der Waals surface area contributed by atoms with Crippen molar-refractivity contribution in [1.82, 2.24) is 0 Å². The van der Waals surface area contributed by atoms with E-state index in [1.165, 1.54) is 12.1 Å². The Balaban J connectivity index is 2.12. The Labute approximate surface area is 134 Å². The standard InChI is InChI=1S/C16H13F3N2OS/c1-23(22)14-5-2-11(3-6-14)10-21-13-4-7-15(16(17,18)19)12(8-13)9-20/h2-8,21H,10H2,1H3/t23-/m0/s1. The summed E-state index contributed by atoms with van der Waals surface area (Å²) in [6.45, 7) is 0.382. The Hall–Kier alpha value is -2.33. The molecule has 7 heteroatoms. The fourth-order valence-electron chi connectivity index (χ4n) is 2.00. The Kier molecular flexibility index (Phi) is 5.06. The highest BCUT2D eigenvalue weighted by Crippen LogP contribution is 2.33. The molecular weight excluding hydrogens is 325 g/mol. The summed E-state index contributed by atoms with van der Waals surface area (Å²) in [5, 5.41) is 11.8. The molecule has 120 valence electrons. The lowest BCUT2D eigenvalue weighted by atomic mass is 10.1.